The van der Waals surface area contributed by atoms with E-state index in [1.165, 1.54) is 5.56 Å². The van der Waals surface area contributed by atoms with Gasteiger partial charge in [0.2, 0.25) is 5.91 Å². The van der Waals surface area contributed by atoms with Gasteiger partial charge in [0.05, 0.1) is 18.9 Å². The number of carbonyl (C=O) groups is 1. The number of aromatic nitrogens is 2. The minimum Gasteiger partial charge on any atom is -0.378 e. The first-order valence-corrected chi connectivity index (χ1v) is 8.71. The maximum absolute atomic E-state index is 12.2. The van der Waals surface area contributed by atoms with Gasteiger partial charge in [0, 0.05) is 59.3 Å². The Labute approximate surface area is 144 Å². The molecule has 2 heterocycles. The summed E-state index contributed by atoms with van der Waals surface area (Å²) < 4.78 is 7.22. The Hall–Kier alpha value is -1.60. The Kier molecular flexibility index (Phi) is 6.62. The Balaban J connectivity index is 1.90. The standard InChI is InChI=1S/C17H31N5O2/c1-13(2)16-14(17(20(3)4)21(5)19-16)12-18-7-6-15(23)22-8-10-24-11-9-22/h13,18H,6-12H2,1-5H3. The van der Waals surface area contributed by atoms with Gasteiger partial charge in [-0.2, -0.15) is 5.10 Å². The highest BCUT2D eigenvalue weighted by Crippen LogP contribution is 2.26. The maximum Gasteiger partial charge on any atom is 0.224 e. The van der Waals surface area contributed by atoms with Gasteiger partial charge in [-0.1, -0.05) is 13.8 Å². The molecule has 2 rings (SSSR count). The number of anilines is 1. The number of rotatable bonds is 7. The zero-order valence-electron chi connectivity index (χ0n) is 15.6. The number of carbonyl (C=O) groups excluding carboxylic acids is 1. The normalized spacial score (nSPS) is 15.2. The number of nitrogens with one attached hydrogen (secondary N) is 1. The number of morpholine rings is 1. The van der Waals surface area contributed by atoms with Crippen LogP contribution >= 0.6 is 0 Å². The molecule has 1 saturated heterocycles. The zero-order chi connectivity index (χ0) is 17.7. The van der Waals surface area contributed by atoms with Crippen molar-refractivity contribution in [1.82, 2.24) is 20.0 Å². The van der Waals surface area contributed by atoms with Gasteiger partial charge in [-0.15, -0.1) is 0 Å². The maximum atomic E-state index is 12.2. The molecule has 0 bridgehead atoms. The van der Waals surface area contributed by atoms with Gasteiger partial charge in [0.25, 0.3) is 0 Å². The summed E-state index contributed by atoms with van der Waals surface area (Å²) >= 11 is 0. The van der Waals surface area contributed by atoms with Crippen molar-refractivity contribution in [3.63, 3.8) is 0 Å². The molecule has 1 aromatic heterocycles. The van der Waals surface area contributed by atoms with Crippen molar-refractivity contribution in [3.8, 4) is 0 Å². The molecule has 0 aliphatic carbocycles. The van der Waals surface area contributed by atoms with Crippen LogP contribution in [0.15, 0.2) is 0 Å². The summed E-state index contributed by atoms with van der Waals surface area (Å²) in [5.41, 5.74) is 2.34. The van der Waals surface area contributed by atoms with Crippen molar-refractivity contribution < 1.29 is 9.53 Å². The summed E-state index contributed by atoms with van der Waals surface area (Å²) in [4.78, 5) is 16.2. The van der Waals surface area contributed by atoms with Crippen LogP contribution in [0.4, 0.5) is 5.82 Å². The predicted octanol–water partition coefficient (Wildman–Crippen LogP) is 0.948. The largest absolute Gasteiger partial charge is 0.378 e. The fourth-order valence-corrected chi connectivity index (χ4v) is 3.15. The predicted molar refractivity (Wildman–Crippen MR) is 95.3 cm³/mol. The van der Waals surface area contributed by atoms with Gasteiger partial charge in [0.1, 0.15) is 5.82 Å². The van der Waals surface area contributed by atoms with Gasteiger partial charge < -0.3 is 19.9 Å². The van der Waals surface area contributed by atoms with Crippen LogP contribution in [0.5, 0.6) is 0 Å². The van der Waals surface area contributed by atoms with Gasteiger partial charge in [-0.25, -0.2) is 0 Å². The van der Waals surface area contributed by atoms with Gasteiger partial charge in [-0.05, 0) is 5.92 Å². The van der Waals surface area contributed by atoms with E-state index >= 15 is 0 Å². The zero-order valence-corrected chi connectivity index (χ0v) is 15.6. The molecule has 1 fully saturated rings. The van der Waals surface area contributed by atoms with E-state index in [9.17, 15) is 4.79 Å². The van der Waals surface area contributed by atoms with Crippen LogP contribution in [0.3, 0.4) is 0 Å². The van der Waals surface area contributed by atoms with E-state index in [1.807, 2.05) is 30.7 Å². The average molecular weight is 337 g/mol. The topological polar surface area (TPSA) is 62.6 Å². The van der Waals surface area contributed by atoms with E-state index in [-0.39, 0.29) is 5.91 Å². The molecular weight excluding hydrogens is 306 g/mol. The summed E-state index contributed by atoms with van der Waals surface area (Å²) in [6.45, 7) is 8.45. The Bertz CT molecular complexity index is 547. The minimum absolute atomic E-state index is 0.203. The second-order valence-corrected chi connectivity index (χ2v) is 6.78. The van der Waals surface area contributed by atoms with Crippen LogP contribution in [0.1, 0.15) is 37.4 Å². The molecule has 7 heteroatoms. The molecule has 1 aliphatic heterocycles. The van der Waals surface area contributed by atoms with Crippen molar-refractivity contribution >= 4 is 11.7 Å². The molecule has 0 spiro atoms. The lowest BCUT2D eigenvalue weighted by atomic mass is 10.1. The molecule has 24 heavy (non-hydrogen) atoms. The lowest BCUT2D eigenvalue weighted by Gasteiger charge is -2.26. The second kappa shape index (κ2) is 8.48. The smallest absolute Gasteiger partial charge is 0.224 e. The highest BCUT2D eigenvalue weighted by Gasteiger charge is 2.20. The Morgan fingerprint density at radius 1 is 1.33 bits per heavy atom. The Morgan fingerprint density at radius 2 is 2.00 bits per heavy atom. The fourth-order valence-electron chi connectivity index (χ4n) is 3.15. The monoisotopic (exact) mass is 337 g/mol. The highest BCUT2D eigenvalue weighted by atomic mass is 16.5. The number of ether oxygens (including phenoxy) is 1. The molecule has 1 aliphatic rings. The molecular formula is C17H31N5O2. The molecule has 1 amide bonds. The molecule has 0 radical (unpaired) electrons. The first-order valence-electron chi connectivity index (χ1n) is 8.71. The molecule has 136 valence electrons. The van der Waals surface area contributed by atoms with Crippen LogP contribution in [0.25, 0.3) is 0 Å². The third-order valence-electron chi connectivity index (χ3n) is 4.30. The van der Waals surface area contributed by atoms with Crippen molar-refractivity contribution in [2.24, 2.45) is 7.05 Å². The van der Waals surface area contributed by atoms with Crippen molar-refractivity contribution in [1.29, 1.82) is 0 Å². The van der Waals surface area contributed by atoms with Crippen molar-refractivity contribution in [2.75, 3.05) is 51.8 Å². The quantitative estimate of drug-likeness (QED) is 0.751. The SMILES string of the molecule is CC(C)c1nn(C)c(N(C)C)c1CNCCC(=O)N1CCOCC1. The summed E-state index contributed by atoms with van der Waals surface area (Å²) in [5, 5.41) is 8.08. The van der Waals surface area contributed by atoms with Gasteiger partial charge in [-0.3, -0.25) is 9.48 Å². The molecule has 0 unspecified atom stereocenters. The van der Waals surface area contributed by atoms with Gasteiger partial charge in [0.15, 0.2) is 0 Å². The lowest BCUT2D eigenvalue weighted by Crippen LogP contribution is -2.41. The summed E-state index contributed by atoms with van der Waals surface area (Å²) in [5.74, 6) is 1.69. The number of hydrogen-bond donors (Lipinski definition) is 1. The Morgan fingerprint density at radius 3 is 2.58 bits per heavy atom. The van der Waals surface area contributed by atoms with Gasteiger partial charge >= 0.3 is 0 Å². The molecule has 1 N–H and O–H groups in total. The van der Waals surface area contributed by atoms with E-state index < -0.39 is 0 Å². The third kappa shape index (κ3) is 4.48. The van der Waals surface area contributed by atoms with Crippen LogP contribution in [0, 0.1) is 0 Å². The number of nitrogens with zero attached hydrogens (tertiary/aromatic N) is 4. The van der Waals surface area contributed by atoms with E-state index in [4.69, 9.17) is 4.74 Å². The lowest BCUT2D eigenvalue weighted by molar-refractivity contribution is -0.135. The van der Waals surface area contributed by atoms with E-state index in [2.05, 4.69) is 29.2 Å². The molecule has 0 saturated carbocycles. The van der Waals surface area contributed by atoms with E-state index in [0.717, 1.165) is 18.1 Å². The molecule has 0 aromatic carbocycles. The highest BCUT2D eigenvalue weighted by molar-refractivity contribution is 5.76. The summed E-state index contributed by atoms with van der Waals surface area (Å²) in [6.07, 6.45) is 0.522. The molecule has 1 aromatic rings. The summed E-state index contributed by atoms with van der Waals surface area (Å²) in [6, 6.07) is 0. The first-order chi connectivity index (χ1) is 11.4. The van der Waals surface area contributed by atoms with Crippen LogP contribution in [0.2, 0.25) is 0 Å². The fraction of sp³-hybridized carbons (Fsp3) is 0.765. The second-order valence-electron chi connectivity index (χ2n) is 6.78. The first kappa shape index (κ1) is 18.7. The van der Waals surface area contributed by atoms with E-state index in [1.54, 1.807) is 0 Å². The van der Waals surface area contributed by atoms with Crippen LogP contribution in [-0.2, 0) is 23.1 Å². The average Bonchev–Trinajstić information content (AvgIpc) is 2.89. The molecule has 7 nitrogen and oxygen atoms in total. The van der Waals surface area contributed by atoms with Crippen LogP contribution < -0.4 is 10.2 Å². The minimum atomic E-state index is 0.203. The van der Waals surface area contributed by atoms with Crippen LogP contribution in [-0.4, -0.2) is 67.5 Å². The third-order valence-corrected chi connectivity index (χ3v) is 4.30. The summed E-state index contributed by atoms with van der Waals surface area (Å²) in [7, 11) is 6.05. The van der Waals surface area contributed by atoms with Crippen molar-refractivity contribution in [2.45, 2.75) is 32.7 Å². The van der Waals surface area contributed by atoms with Crippen molar-refractivity contribution in [3.05, 3.63) is 11.3 Å². The number of aryl methyl sites for hydroxylation is 1. The number of amides is 1. The van der Waals surface area contributed by atoms with E-state index in [0.29, 0.717) is 45.2 Å². The molecule has 0 atom stereocenters. The number of hydrogen-bond acceptors (Lipinski definition) is 5.